The van der Waals surface area contributed by atoms with Gasteiger partial charge in [0.2, 0.25) is 0 Å². The van der Waals surface area contributed by atoms with E-state index in [0.29, 0.717) is 5.04 Å². The smallest absolute Gasteiger partial charge is 0.0973 e. The van der Waals surface area contributed by atoms with Crippen molar-refractivity contribution >= 4 is 26.6 Å². The Balaban J connectivity index is -0.000000389. The third-order valence-electron chi connectivity index (χ3n) is 1.01. The van der Waals surface area contributed by atoms with Crippen LogP contribution in [0.4, 0.5) is 0 Å². The van der Waals surface area contributed by atoms with E-state index in [2.05, 4.69) is 19.7 Å². The maximum Gasteiger partial charge on any atom is 0.0973 e. The highest BCUT2D eigenvalue weighted by Gasteiger charge is 1.93. The largest absolute Gasteiger partial charge is 0.293 e. The van der Waals surface area contributed by atoms with Crippen molar-refractivity contribution < 1.29 is 0 Å². The van der Waals surface area contributed by atoms with Crippen LogP contribution in [0.15, 0.2) is 61.1 Å². The maximum atomic E-state index is 7.29. The number of hydrogen-bond donors (Lipinski definition) is 1. The first-order valence-electron chi connectivity index (χ1n) is 5.73. The zero-order chi connectivity index (χ0) is 14.8. The Kier molecular flexibility index (Phi) is 26.4. The Labute approximate surface area is 121 Å². The Morgan fingerprint density at radius 3 is 1.94 bits per heavy atom. The Hall–Kier alpha value is -0.930. The molecule has 0 heterocycles. The van der Waals surface area contributed by atoms with Crippen LogP contribution in [-0.4, -0.2) is 5.04 Å². The molecule has 0 amide bonds. The van der Waals surface area contributed by atoms with Gasteiger partial charge in [-0.1, -0.05) is 62.1 Å². The van der Waals surface area contributed by atoms with E-state index in [4.69, 9.17) is 5.41 Å². The van der Waals surface area contributed by atoms with Gasteiger partial charge in [0.05, 0.1) is 5.04 Å². The summed E-state index contributed by atoms with van der Waals surface area (Å²) in [6.45, 7) is 18.5. The highest BCUT2D eigenvalue weighted by Crippen LogP contribution is 2.30. The third-order valence-corrected chi connectivity index (χ3v) is 3.22. The van der Waals surface area contributed by atoms with Gasteiger partial charge in [-0.2, -0.15) is 0 Å². The summed E-state index contributed by atoms with van der Waals surface area (Å²) in [5.41, 5.74) is 0. The molecule has 0 unspecified atom stereocenters. The van der Waals surface area contributed by atoms with Gasteiger partial charge in [-0.3, -0.25) is 5.41 Å². The van der Waals surface area contributed by atoms with Crippen LogP contribution in [-0.2, 0) is 0 Å². The molecule has 0 aliphatic rings. The van der Waals surface area contributed by atoms with E-state index in [1.165, 1.54) is 27.7 Å². The number of hydrogen-bond acceptors (Lipinski definition) is 3. The van der Waals surface area contributed by atoms with E-state index in [-0.39, 0.29) is 0 Å². The lowest BCUT2D eigenvalue weighted by Gasteiger charge is -1.96. The van der Waals surface area contributed by atoms with Gasteiger partial charge in [0.1, 0.15) is 0 Å². The molecule has 0 rings (SSSR count). The normalized spacial score (nSPS) is 8.89. The molecular weight excluding hydrogens is 258 g/mol. The summed E-state index contributed by atoms with van der Waals surface area (Å²) in [5, 5.41) is 7.74. The molecule has 0 saturated heterocycles. The molecule has 0 aliphatic heterocycles. The van der Waals surface area contributed by atoms with E-state index in [1.807, 2.05) is 52.0 Å². The first-order valence-corrected chi connectivity index (χ1v) is 7.88. The summed E-state index contributed by atoms with van der Waals surface area (Å²) in [6.07, 6.45) is 11.0. The van der Waals surface area contributed by atoms with Gasteiger partial charge < -0.3 is 0 Å². The summed E-state index contributed by atoms with van der Waals surface area (Å²) in [7, 11) is 2.81. The van der Waals surface area contributed by atoms with Gasteiger partial charge >= 0.3 is 0 Å². The van der Waals surface area contributed by atoms with E-state index >= 15 is 0 Å². The molecule has 0 fully saturated rings. The summed E-state index contributed by atoms with van der Waals surface area (Å²) >= 11 is 0. The fourth-order valence-electron chi connectivity index (χ4n) is 0.434. The highest BCUT2D eigenvalue weighted by molar-refractivity contribution is 8.83. The second kappa shape index (κ2) is 21.4. The summed E-state index contributed by atoms with van der Waals surface area (Å²) in [6, 6.07) is 0. The third kappa shape index (κ3) is 24.3. The second-order valence-electron chi connectivity index (χ2n) is 2.49. The van der Waals surface area contributed by atoms with E-state index < -0.39 is 0 Å². The van der Waals surface area contributed by atoms with E-state index in [0.717, 1.165) is 4.91 Å². The maximum absolute atomic E-state index is 7.29. The van der Waals surface area contributed by atoms with Crippen molar-refractivity contribution in [2.45, 2.75) is 27.7 Å². The van der Waals surface area contributed by atoms with Gasteiger partial charge in [-0.05, 0) is 36.8 Å². The zero-order valence-electron chi connectivity index (χ0n) is 11.9. The monoisotopic (exact) mass is 283 g/mol. The van der Waals surface area contributed by atoms with Crippen LogP contribution in [0, 0.1) is 5.41 Å². The van der Waals surface area contributed by atoms with Crippen LogP contribution >= 0.6 is 21.6 Å². The molecule has 1 nitrogen and oxygen atoms in total. The van der Waals surface area contributed by atoms with E-state index in [9.17, 15) is 0 Å². The molecule has 3 heteroatoms. The fraction of sp³-hybridized carbons (Fsp3) is 0.267. The minimum absolute atomic E-state index is 0.450. The van der Waals surface area contributed by atoms with Crippen molar-refractivity contribution in [1.29, 1.82) is 5.41 Å². The molecule has 102 valence electrons. The molecule has 0 aliphatic carbocycles. The minimum atomic E-state index is 0.450. The average Bonchev–Trinajstić information content (AvgIpc) is 2.39. The number of allylic oxidation sites excluding steroid dienone is 5. The van der Waals surface area contributed by atoms with Gasteiger partial charge in [0.15, 0.2) is 0 Å². The van der Waals surface area contributed by atoms with Gasteiger partial charge in [-0.15, -0.1) is 6.58 Å². The van der Waals surface area contributed by atoms with Crippen LogP contribution in [0.2, 0.25) is 0 Å². The zero-order valence-corrected chi connectivity index (χ0v) is 13.5. The molecule has 0 radical (unpaired) electrons. The van der Waals surface area contributed by atoms with Crippen molar-refractivity contribution in [1.82, 2.24) is 0 Å². The molecule has 0 atom stereocenters. The number of rotatable bonds is 5. The fourth-order valence-corrected chi connectivity index (χ4v) is 1.79. The molecule has 0 spiro atoms. The van der Waals surface area contributed by atoms with Crippen LogP contribution in [0.25, 0.3) is 0 Å². The van der Waals surface area contributed by atoms with Gasteiger partial charge in [0.25, 0.3) is 0 Å². The van der Waals surface area contributed by atoms with E-state index in [1.54, 1.807) is 6.08 Å². The predicted molar refractivity (Wildman–Crippen MR) is 93.4 cm³/mol. The van der Waals surface area contributed by atoms with Gasteiger partial charge in [-0.25, -0.2) is 0 Å². The quantitative estimate of drug-likeness (QED) is 0.208. The first kappa shape index (κ1) is 22.3. The average molecular weight is 284 g/mol. The molecule has 18 heavy (non-hydrogen) atoms. The van der Waals surface area contributed by atoms with Gasteiger partial charge in [0, 0.05) is 4.91 Å². The summed E-state index contributed by atoms with van der Waals surface area (Å²) in [4.78, 5) is 0.926. The molecule has 0 aromatic rings. The van der Waals surface area contributed by atoms with Crippen molar-refractivity contribution in [2.75, 3.05) is 0 Å². The first-order chi connectivity index (χ1) is 8.62. The van der Waals surface area contributed by atoms with Crippen LogP contribution in [0.1, 0.15) is 27.7 Å². The predicted octanol–water partition coefficient (Wildman–Crippen LogP) is 6.40. The van der Waals surface area contributed by atoms with Crippen molar-refractivity contribution in [3.05, 3.63) is 61.1 Å². The standard InChI is InChI=1S/C10H13NS2.C3H6.C2H6/c1-4-6-7-8-9(3)12-13-10(11)5-2;1-3-2;1-2/h4-8,11H,2-3H2,1H3;3H,1H2,2H3;1-2H3/b6-4-,8-7-,11-10?;;. The molecule has 1 N–H and O–H groups in total. The van der Waals surface area contributed by atoms with Crippen LogP contribution in [0.5, 0.6) is 0 Å². The highest BCUT2D eigenvalue weighted by atomic mass is 33.1. The molecule has 0 aromatic carbocycles. The lowest BCUT2D eigenvalue weighted by molar-refractivity contribution is 1.50. The molecule has 0 aromatic heterocycles. The lowest BCUT2D eigenvalue weighted by Crippen LogP contribution is -1.75. The Morgan fingerprint density at radius 1 is 1.06 bits per heavy atom. The molecular formula is C15H25NS2. The minimum Gasteiger partial charge on any atom is -0.293 e. The molecule has 0 bridgehead atoms. The lowest BCUT2D eigenvalue weighted by atomic mass is 10.4. The van der Waals surface area contributed by atoms with Crippen LogP contribution < -0.4 is 0 Å². The van der Waals surface area contributed by atoms with Crippen LogP contribution in [0.3, 0.4) is 0 Å². The Morgan fingerprint density at radius 2 is 1.56 bits per heavy atom. The van der Waals surface area contributed by atoms with Crippen molar-refractivity contribution in [3.8, 4) is 0 Å². The number of nitrogens with one attached hydrogen (secondary N) is 1. The second-order valence-corrected chi connectivity index (χ2v) is 4.79. The summed E-state index contributed by atoms with van der Waals surface area (Å²) < 4.78 is 0. The topological polar surface area (TPSA) is 23.9 Å². The Bertz CT molecular complexity index is 289. The SMILES string of the molecule is C=CC.C=CC(=N)SSC(=C)/C=C\C=C/C.CC. The van der Waals surface area contributed by atoms with Crippen molar-refractivity contribution in [2.24, 2.45) is 0 Å². The molecule has 0 saturated carbocycles. The van der Waals surface area contributed by atoms with Crippen molar-refractivity contribution in [3.63, 3.8) is 0 Å². The summed E-state index contributed by atoms with van der Waals surface area (Å²) in [5.74, 6) is 0.